The molecule has 0 saturated carbocycles. The standard InChI is InChI=1S/C18H29N3/c1-14-3-5-16(6-4-14)15(2)21-12-9-18(13-21)20-10-7-17(19)8-11-20/h3-6,15,17-18H,7-13,19H2,1-2H3. The highest BCUT2D eigenvalue weighted by atomic mass is 15.3. The van der Waals surface area contributed by atoms with Gasteiger partial charge in [0.2, 0.25) is 0 Å². The fourth-order valence-corrected chi connectivity index (χ4v) is 3.76. The molecule has 2 unspecified atom stereocenters. The maximum Gasteiger partial charge on any atom is 0.0320 e. The first-order valence-corrected chi connectivity index (χ1v) is 8.44. The van der Waals surface area contributed by atoms with E-state index in [1.54, 1.807) is 0 Å². The summed E-state index contributed by atoms with van der Waals surface area (Å²) in [6, 6.07) is 10.7. The number of rotatable bonds is 3. The van der Waals surface area contributed by atoms with Gasteiger partial charge in [-0.25, -0.2) is 0 Å². The fraction of sp³-hybridized carbons (Fsp3) is 0.667. The molecule has 1 aromatic carbocycles. The van der Waals surface area contributed by atoms with E-state index in [1.165, 1.54) is 56.6 Å². The highest BCUT2D eigenvalue weighted by Crippen LogP contribution is 2.28. The Morgan fingerprint density at radius 3 is 2.38 bits per heavy atom. The predicted octanol–water partition coefficient (Wildman–Crippen LogP) is 2.55. The monoisotopic (exact) mass is 287 g/mol. The zero-order valence-corrected chi connectivity index (χ0v) is 13.5. The molecule has 0 aliphatic carbocycles. The third-order valence-corrected chi connectivity index (χ3v) is 5.39. The summed E-state index contributed by atoms with van der Waals surface area (Å²) < 4.78 is 0. The van der Waals surface area contributed by atoms with Gasteiger partial charge in [-0.2, -0.15) is 0 Å². The van der Waals surface area contributed by atoms with Crippen LogP contribution in [0.25, 0.3) is 0 Å². The molecule has 116 valence electrons. The normalized spacial score (nSPS) is 27.1. The Labute approximate surface area is 129 Å². The van der Waals surface area contributed by atoms with Crippen LogP contribution in [-0.2, 0) is 0 Å². The number of likely N-dealkylation sites (tertiary alicyclic amines) is 2. The van der Waals surface area contributed by atoms with Crippen LogP contribution in [0, 0.1) is 6.92 Å². The van der Waals surface area contributed by atoms with Gasteiger partial charge in [0.15, 0.2) is 0 Å². The zero-order valence-electron chi connectivity index (χ0n) is 13.5. The summed E-state index contributed by atoms with van der Waals surface area (Å²) in [4.78, 5) is 5.31. The third-order valence-electron chi connectivity index (χ3n) is 5.39. The van der Waals surface area contributed by atoms with Crippen molar-refractivity contribution in [3.8, 4) is 0 Å². The van der Waals surface area contributed by atoms with E-state index in [0.717, 1.165) is 6.04 Å². The number of hydrogen-bond donors (Lipinski definition) is 1. The van der Waals surface area contributed by atoms with Crippen molar-refractivity contribution in [1.82, 2.24) is 9.80 Å². The van der Waals surface area contributed by atoms with E-state index in [-0.39, 0.29) is 0 Å². The minimum atomic E-state index is 0.435. The Morgan fingerprint density at radius 1 is 1.05 bits per heavy atom. The second-order valence-corrected chi connectivity index (χ2v) is 6.90. The molecule has 2 aliphatic heterocycles. The molecule has 2 fully saturated rings. The van der Waals surface area contributed by atoms with Crippen LogP contribution >= 0.6 is 0 Å². The van der Waals surface area contributed by atoms with Gasteiger partial charge in [-0.3, -0.25) is 9.80 Å². The minimum absolute atomic E-state index is 0.435. The molecular weight excluding hydrogens is 258 g/mol. The molecule has 2 atom stereocenters. The largest absolute Gasteiger partial charge is 0.328 e. The maximum atomic E-state index is 6.02. The molecule has 21 heavy (non-hydrogen) atoms. The topological polar surface area (TPSA) is 32.5 Å². The average molecular weight is 287 g/mol. The predicted molar refractivity (Wildman–Crippen MR) is 88.4 cm³/mol. The summed E-state index contributed by atoms with van der Waals surface area (Å²) in [5, 5.41) is 0. The second-order valence-electron chi connectivity index (χ2n) is 6.90. The molecule has 0 aromatic heterocycles. The molecule has 2 N–H and O–H groups in total. The van der Waals surface area contributed by atoms with Crippen LogP contribution in [0.1, 0.15) is 43.4 Å². The van der Waals surface area contributed by atoms with Gasteiger partial charge in [-0.15, -0.1) is 0 Å². The molecule has 3 nitrogen and oxygen atoms in total. The molecule has 0 spiro atoms. The molecule has 0 amide bonds. The Bertz CT molecular complexity index is 448. The van der Waals surface area contributed by atoms with Gasteiger partial charge >= 0.3 is 0 Å². The van der Waals surface area contributed by atoms with E-state index in [2.05, 4.69) is 47.9 Å². The third kappa shape index (κ3) is 3.47. The summed E-state index contributed by atoms with van der Waals surface area (Å²) in [6.45, 7) is 9.32. The summed E-state index contributed by atoms with van der Waals surface area (Å²) in [6.07, 6.45) is 3.65. The number of nitrogens with two attached hydrogens (primary N) is 1. The molecule has 2 saturated heterocycles. The molecule has 3 heteroatoms. The first kappa shape index (κ1) is 15.0. The Balaban J connectivity index is 1.57. The van der Waals surface area contributed by atoms with Crippen molar-refractivity contribution in [2.24, 2.45) is 5.73 Å². The van der Waals surface area contributed by atoms with Crippen LogP contribution in [0.3, 0.4) is 0 Å². The van der Waals surface area contributed by atoms with Crippen molar-refractivity contribution in [2.45, 2.75) is 51.2 Å². The van der Waals surface area contributed by atoms with E-state index in [4.69, 9.17) is 5.73 Å². The Morgan fingerprint density at radius 2 is 1.71 bits per heavy atom. The second kappa shape index (κ2) is 6.47. The average Bonchev–Trinajstić information content (AvgIpc) is 2.98. The lowest BCUT2D eigenvalue weighted by molar-refractivity contribution is 0.146. The SMILES string of the molecule is Cc1ccc(C(C)N2CCC(N3CCC(N)CC3)C2)cc1. The molecule has 1 aromatic rings. The molecule has 3 rings (SSSR count). The first-order chi connectivity index (χ1) is 10.1. The van der Waals surface area contributed by atoms with Crippen molar-refractivity contribution >= 4 is 0 Å². The lowest BCUT2D eigenvalue weighted by atomic mass is 10.0. The highest BCUT2D eigenvalue weighted by molar-refractivity contribution is 5.24. The first-order valence-electron chi connectivity index (χ1n) is 8.44. The molecule has 2 heterocycles. The van der Waals surface area contributed by atoms with Gasteiger partial charge in [0.05, 0.1) is 0 Å². The summed E-state index contributed by atoms with van der Waals surface area (Å²) in [5.41, 5.74) is 8.81. The number of hydrogen-bond acceptors (Lipinski definition) is 3. The number of benzene rings is 1. The number of aryl methyl sites for hydroxylation is 1. The van der Waals surface area contributed by atoms with Crippen LogP contribution in [0.15, 0.2) is 24.3 Å². The molecular formula is C18H29N3. The van der Waals surface area contributed by atoms with Crippen LogP contribution in [0.2, 0.25) is 0 Å². The van der Waals surface area contributed by atoms with Gasteiger partial charge in [0, 0.05) is 31.2 Å². The number of piperidine rings is 1. The van der Waals surface area contributed by atoms with Crippen LogP contribution in [-0.4, -0.2) is 48.1 Å². The van der Waals surface area contributed by atoms with E-state index >= 15 is 0 Å². The summed E-state index contributed by atoms with van der Waals surface area (Å²) in [5.74, 6) is 0. The Kier molecular flexibility index (Phi) is 4.63. The van der Waals surface area contributed by atoms with E-state index < -0.39 is 0 Å². The van der Waals surface area contributed by atoms with Crippen LogP contribution in [0.5, 0.6) is 0 Å². The van der Waals surface area contributed by atoms with Crippen molar-refractivity contribution in [1.29, 1.82) is 0 Å². The van der Waals surface area contributed by atoms with E-state index in [9.17, 15) is 0 Å². The van der Waals surface area contributed by atoms with Crippen molar-refractivity contribution < 1.29 is 0 Å². The van der Waals surface area contributed by atoms with Crippen LogP contribution < -0.4 is 5.73 Å². The van der Waals surface area contributed by atoms with Gasteiger partial charge < -0.3 is 5.73 Å². The lowest BCUT2D eigenvalue weighted by Crippen LogP contribution is -2.46. The van der Waals surface area contributed by atoms with E-state index in [0.29, 0.717) is 12.1 Å². The smallest absolute Gasteiger partial charge is 0.0320 e. The van der Waals surface area contributed by atoms with Crippen LogP contribution in [0.4, 0.5) is 0 Å². The molecule has 2 aliphatic rings. The molecule has 0 radical (unpaired) electrons. The maximum absolute atomic E-state index is 6.02. The molecule has 0 bridgehead atoms. The summed E-state index contributed by atoms with van der Waals surface area (Å²) in [7, 11) is 0. The Hall–Kier alpha value is -0.900. The quantitative estimate of drug-likeness (QED) is 0.927. The van der Waals surface area contributed by atoms with E-state index in [1.807, 2.05) is 0 Å². The lowest BCUT2D eigenvalue weighted by Gasteiger charge is -2.35. The highest BCUT2D eigenvalue weighted by Gasteiger charge is 2.31. The number of nitrogens with zero attached hydrogens (tertiary/aromatic N) is 2. The van der Waals surface area contributed by atoms with Gasteiger partial charge in [-0.05, 0) is 51.8 Å². The zero-order chi connectivity index (χ0) is 14.8. The van der Waals surface area contributed by atoms with Crippen molar-refractivity contribution in [3.63, 3.8) is 0 Å². The van der Waals surface area contributed by atoms with Crippen molar-refractivity contribution in [2.75, 3.05) is 26.2 Å². The van der Waals surface area contributed by atoms with Gasteiger partial charge in [-0.1, -0.05) is 29.8 Å². The van der Waals surface area contributed by atoms with Gasteiger partial charge in [0.1, 0.15) is 0 Å². The minimum Gasteiger partial charge on any atom is -0.328 e. The van der Waals surface area contributed by atoms with Crippen molar-refractivity contribution in [3.05, 3.63) is 35.4 Å². The fourth-order valence-electron chi connectivity index (χ4n) is 3.76. The van der Waals surface area contributed by atoms with Gasteiger partial charge in [0.25, 0.3) is 0 Å². The summed E-state index contributed by atoms with van der Waals surface area (Å²) >= 11 is 0.